The van der Waals surface area contributed by atoms with Crippen LogP contribution < -0.4 is 4.90 Å². The Morgan fingerprint density at radius 1 is 1.40 bits per heavy atom. The van der Waals surface area contributed by atoms with Crippen molar-refractivity contribution in [2.45, 2.75) is 31.7 Å². The van der Waals surface area contributed by atoms with Crippen LogP contribution >= 0.6 is 23.2 Å². The summed E-state index contributed by atoms with van der Waals surface area (Å²) >= 11 is 12.0. The van der Waals surface area contributed by atoms with Gasteiger partial charge in [-0.2, -0.15) is 0 Å². The molecule has 3 heteroatoms. The van der Waals surface area contributed by atoms with Crippen LogP contribution in [0.15, 0.2) is 18.2 Å². The van der Waals surface area contributed by atoms with Crippen LogP contribution in [-0.4, -0.2) is 12.6 Å². The number of benzene rings is 1. The molecule has 0 unspecified atom stereocenters. The van der Waals surface area contributed by atoms with Crippen molar-refractivity contribution in [2.75, 3.05) is 11.4 Å². The molecule has 0 radical (unpaired) electrons. The van der Waals surface area contributed by atoms with E-state index in [-0.39, 0.29) is 0 Å². The third-order valence-electron chi connectivity index (χ3n) is 2.83. The highest BCUT2D eigenvalue weighted by atomic mass is 35.5. The van der Waals surface area contributed by atoms with Crippen LogP contribution in [0.2, 0.25) is 5.02 Å². The fourth-order valence-corrected chi connectivity index (χ4v) is 2.32. The van der Waals surface area contributed by atoms with Crippen molar-refractivity contribution in [1.82, 2.24) is 0 Å². The van der Waals surface area contributed by atoms with Crippen LogP contribution in [0.25, 0.3) is 0 Å². The van der Waals surface area contributed by atoms with Gasteiger partial charge in [0.1, 0.15) is 0 Å². The first-order valence-corrected chi connectivity index (χ1v) is 6.28. The number of hydrogen-bond donors (Lipinski definition) is 0. The van der Waals surface area contributed by atoms with Crippen molar-refractivity contribution in [1.29, 1.82) is 0 Å². The molecule has 1 aliphatic rings. The highest BCUT2D eigenvalue weighted by Gasteiger charge is 2.29. The van der Waals surface area contributed by atoms with Crippen molar-refractivity contribution < 1.29 is 0 Å². The molecule has 1 aromatic carbocycles. The van der Waals surface area contributed by atoms with Crippen LogP contribution in [-0.2, 0) is 5.88 Å². The lowest BCUT2D eigenvalue weighted by molar-refractivity contribution is 0.822. The number of nitrogens with zero attached hydrogens (tertiary/aromatic N) is 1. The van der Waals surface area contributed by atoms with Crippen LogP contribution in [0, 0.1) is 0 Å². The van der Waals surface area contributed by atoms with Crippen molar-refractivity contribution in [3.8, 4) is 0 Å². The molecule has 1 aromatic rings. The predicted octanol–water partition coefficient (Wildman–Crippen LogP) is 4.07. The zero-order chi connectivity index (χ0) is 10.8. The molecule has 0 aromatic heterocycles. The quantitative estimate of drug-likeness (QED) is 0.721. The number of halogens is 2. The van der Waals surface area contributed by atoms with Gasteiger partial charge in [-0.15, -0.1) is 11.6 Å². The van der Waals surface area contributed by atoms with Crippen molar-refractivity contribution >= 4 is 28.9 Å². The van der Waals surface area contributed by atoms with Gasteiger partial charge in [0.15, 0.2) is 0 Å². The first-order valence-electron chi connectivity index (χ1n) is 5.37. The molecule has 1 nitrogen and oxygen atoms in total. The second-order valence-corrected chi connectivity index (χ2v) is 4.63. The molecule has 0 amide bonds. The van der Waals surface area contributed by atoms with Gasteiger partial charge in [0.2, 0.25) is 0 Å². The summed E-state index contributed by atoms with van der Waals surface area (Å²) in [5, 5.41) is 0.790. The zero-order valence-corrected chi connectivity index (χ0v) is 10.4. The smallest absolute Gasteiger partial charge is 0.0494 e. The van der Waals surface area contributed by atoms with Crippen LogP contribution in [0.1, 0.15) is 25.3 Å². The Kier molecular flexibility index (Phi) is 3.42. The lowest BCUT2D eigenvalue weighted by atomic mass is 10.1. The molecule has 0 bridgehead atoms. The Hall–Kier alpha value is -0.400. The Morgan fingerprint density at radius 2 is 2.13 bits per heavy atom. The van der Waals surface area contributed by atoms with E-state index in [0.29, 0.717) is 11.9 Å². The first kappa shape index (κ1) is 11.1. The van der Waals surface area contributed by atoms with Gasteiger partial charge in [0.05, 0.1) is 0 Å². The number of hydrogen-bond acceptors (Lipinski definition) is 1. The van der Waals surface area contributed by atoms with E-state index in [0.717, 1.165) is 11.6 Å². The maximum atomic E-state index is 6.03. The summed E-state index contributed by atoms with van der Waals surface area (Å²) in [7, 11) is 0. The number of alkyl halides is 1. The van der Waals surface area contributed by atoms with E-state index in [9.17, 15) is 0 Å². The minimum atomic E-state index is 0.551. The molecule has 0 saturated heterocycles. The molecule has 0 heterocycles. The molecule has 1 saturated carbocycles. The van der Waals surface area contributed by atoms with E-state index >= 15 is 0 Å². The standard InChI is InChI=1S/C12H15Cl2N/c1-2-15(11-5-6-11)12-7-10(14)4-3-9(12)8-13/h3-4,7,11H,2,5-6,8H2,1H3. The van der Waals surface area contributed by atoms with Gasteiger partial charge in [0, 0.05) is 29.2 Å². The molecule has 0 atom stereocenters. The van der Waals surface area contributed by atoms with E-state index in [1.165, 1.54) is 24.1 Å². The summed E-state index contributed by atoms with van der Waals surface area (Å²) in [5.74, 6) is 0.551. The first-order chi connectivity index (χ1) is 7.26. The molecule has 0 N–H and O–H groups in total. The maximum absolute atomic E-state index is 6.03. The Labute approximate surface area is 101 Å². The van der Waals surface area contributed by atoms with Gasteiger partial charge in [-0.3, -0.25) is 0 Å². The Morgan fingerprint density at radius 3 is 2.67 bits per heavy atom. The lowest BCUT2D eigenvalue weighted by Crippen LogP contribution is -2.26. The van der Waals surface area contributed by atoms with E-state index < -0.39 is 0 Å². The van der Waals surface area contributed by atoms with Gasteiger partial charge >= 0.3 is 0 Å². The average Bonchev–Trinajstić information content (AvgIpc) is 3.04. The summed E-state index contributed by atoms with van der Waals surface area (Å²) < 4.78 is 0. The average molecular weight is 244 g/mol. The van der Waals surface area contributed by atoms with Crippen LogP contribution in [0.3, 0.4) is 0 Å². The highest BCUT2D eigenvalue weighted by Crippen LogP contribution is 2.35. The molecule has 15 heavy (non-hydrogen) atoms. The number of anilines is 1. The SMILES string of the molecule is CCN(c1cc(Cl)ccc1CCl)C1CC1. The van der Waals surface area contributed by atoms with Crippen molar-refractivity contribution in [2.24, 2.45) is 0 Å². The second kappa shape index (κ2) is 4.63. The third-order valence-corrected chi connectivity index (χ3v) is 3.35. The van der Waals surface area contributed by atoms with Gasteiger partial charge < -0.3 is 4.90 Å². The Bertz CT molecular complexity index is 347. The molecule has 0 spiro atoms. The molecule has 2 rings (SSSR count). The second-order valence-electron chi connectivity index (χ2n) is 3.92. The molecule has 1 fully saturated rings. The monoisotopic (exact) mass is 243 g/mol. The maximum Gasteiger partial charge on any atom is 0.0494 e. The van der Waals surface area contributed by atoms with E-state index in [2.05, 4.69) is 11.8 Å². The van der Waals surface area contributed by atoms with Crippen molar-refractivity contribution in [3.63, 3.8) is 0 Å². The number of rotatable bonds is 4. The van der Waals surface area contributed by atoms with E-state index in [1.807, 2.05) is 18.2 Å². The topological polar surface area (TPSA) is 3.24 Å². The highest BCUT2D eigenvalue weighted by molar-refractivity contribution is 6.31. The summed E-state index contributed by atoms with van der Waals surface area (Å²) in [4.78, 5) is 2.41. The molecular formula is C12H15Cl2N. The van der Waals surface area contributed by atoms with E-state index in [1.54, 1.807) is 0 Å². The minimum Gasteiger partial charge on any atom is -0.369 e. The third kappa shape index (κ3) is 2.40. The summed E-state index contributed by atoms with van der Waals surface area (Å²) in [6, 6.07) is 6.66. The zero-order valence-electron chi connectivity index (χ0n) is 8.84. The Balaban J connectivity index is 2.34. The van der Waals surface area contributed by atoms with Crippen molar-refractivity contribution in [3.05, 3.63) is 28.8 Å². The van der Waals surface area contributed by atoms with Gasteiger partial charge in [-0.25, -0.2) is 0 Å². The summed E-state index contributed by atoms with van der Waals surface area (Å²) in [6.07, 6.45) is 2.59. The van der Waals surface area contributed by atoms with Gasteiger partial charge in [-0.05, 0) is 37.5 Å². The molecule has 82 valence electrons. The van der Waals surface area contributed by atoms with Gasteiger partial charge in [-0.1, -0.05) is 17.7 Å². The summed E-state index contributed by atoms with van der Waals surface area (Å²) in [6.45, 7) is 3.20. The predicted molar refractivity (Wildman–Crippen MR) is 67.1 cm³/mol. The molecular weight excluding hydrogens is 229 g/mol. The summed E-state index contributed by atoms with van der Waals surface area (Å²) in [5.41, 5.74) is 2.39. The van der Waals surface area contributed by atoms with Crippen LogP contribution in [0.5, 0.6) is 0 Å². The fraction of sp³-hybridized carbons (Fsp3) is 0.500. The van der Waals surface area contributed by atoms with Gasteiger partial charge in [0.25, 0.3) is 0 Å². The molecule has 1 aliphatic carbocycles. The van der Waals surface area contributed by atoms with E-state index in [4.69, 9.17) is 23.2 Å². The lowest BCUT2D eigenvalue weighted by Gasteiger charge is -2.25. The largest absolute Gasteiger partial charge is 0.369 e. The van der Waals surface area contributed by atoms with Crippen LogP contribution in [0.4, 0.5) is 5.69 Å². The fourth-order valence-electron chi connectivity index (χ4n) is 1.93. The molecule has 0 aliphatic heterocycles. The normalized spacial score (nSPS) is 15.4. The minimum absolute atomic E-state index is 0.551.